The van der Waals surface area contributed by atoms with Crippen molar-refractivity contribution in [2.75, 3.05) is 29.9 Å². The molecule has 0 aromatic carbocycles. The Bertz CT molecular complexity index is 593. The van der Waals surface area contributed by atoms with Crippen LogP contribution < -0.4 is 10.2 Å². The zero-order valence-corrected chi connectivity index (χ0v) is 12.5. The summed E-state index contributed by atoms with van der Waals surface area (Å²) in [6.07, 6.45) is 10.2. The second-order valence-corrected chi connectivity index (χ2v) is 5.49. The number of aliphatic hydroxyl groups excluding tert-OH is 1. The van der Waals surface area contributed by atoms with Gasteiger partial charge in [-0.15, -0.1) is 0 Å². The molecule has 1 fully saturated rings. The van der Waals surface area contributed by atoms with Gasteiger partial charge in [-0.3, -0.25) is 0 Å². The van der Waals surface area contributed by atoms with Crippen molar-refractivity contribution < 1.29 is 5.11 Å². The van der Waals surface area contributed by atoms with Gasteiger partial charge in [0, 0.05) is 38.1 Å². The Morgan fingerprint density at radius 2 is 2.33 bits per heavy atom. The first-order valence-corrected chi connectivity index (χ1v) is 7.78. The number of rotatable bonds is 7. The third-order valence-electron chi connectivity index (χ3n) is 4.06. The van der Waals surface area contributed by atoms with Crippen molar-refractivity contribution in [3.05, 3.63) is 18.6 Å². The van der Waals surface area contributed by atoms with Crippen molar-refractivity contribution in [3.8, 4) is 0 Å². The Hall–Kier alpha value is -1.82. The van der Waals surface area contributed by atoms with Gasteiger partial charge in [-0.1, -0.05) is 0 Å². The highest BCUT2D eigenvalue weighted by molar-refractivity contribution is 5.67. The summed E-state index contributed by atoms with van der Waals surface area (Å²) in [6.45, 7) is 3.94. The second-order valence-electron chi connectivity index (χ2n) is 5.49. The fourth-order valence-corrected chi connectivity index (χ4v) is 2.77. The number of hydrogen-bond donors (Lipinski definition) is 2. The topological polar surface area (TPSA) is 65.7 Å². The first-order chi connectivity index (χ1) is 10.3. The third kappa shape index (κ3) is 2.81. The van der Waals surface area contributed by atoms with E-state index in [4.69, 9.17) is 10.1 Å². The molecule has 0 radical (unpaired) electrons. The van der Waals surface area contributed by atoms with Crippen LogP contribution in [0.1, 0.15) is 32.6 Å². The van der Waals surface area contributed by atoms with E-state index in [-0.39, 0.29) is 6.61 Å². The van der Waals surface area contributed by atoms with Gasteiger partial charge in [-0.05, 0) is 32.6 Å². The van der Waals surface area contributed by atoms with Gasteiger partial charge in [0.25, 0.3) is 0 Å². The van der Waals surface area contributed by atoms with Crippen molar-refractivity contribution in [1.82, 2.24) is 14.4 Å². The average Bonchev–Trinajstić information content (AvgIpc) is 2.89. The first kappa shape index (κ1) is 14.1. The van der Waals surface area contributed by atoms with E-state index in [1.54, 1.807) is 6.20 Å². The summed E-state index contributed by atoms with van der Waals surface area (Å²) in [4.78, 5) is 11.5. The molecular weight excluding hydrogens is 266 g/mol. The highest BCUT2D eigenvalue weighted by Crippen LogP contribution is 2.31. The number of imidazole rings is 1. The van der Waals surface area contributed by atoms with Crippen molar-refractivity contribution in [3.63, 3.8) is 0 Å². The van der Waals surface area contributed by atoms with E-state index in [0.29, 0.717) is 6.04 Å². The minimum Gasteiger partial charge on any atom is -0.396 e. The van der Waals surface area contributed by atoms with Crippen LogP contribution in [-0.4, -0.2) is 45.2 Å². The highest BCUT2D eigenvalue weighted by atomic mass is 16.3. The molecule has 2 N–H and O–H groups in total. The van der Waals surface area contributed by atoms with Crippen molar-refractivity contribution in [2.45, 2.75) is 38.6 Å². The zero-order chi connectivity index (χ0) is 14.7. The van der Waals surface area contributed by atoms with Gasteiger partial charge in [0.2, 0.25) is 0 Å². The van der Waals surface area contributed by atoms with Gasteiger partial charge in [0.05, 0.1) is 6.20 Å². The lowest BCUT2D eigenvalue weighted by Gasteiger charge is -2.38. The molecule has 6 nitrogen and oxygen atoms in total. The number of fused-ring (bicyclic) bond motifs is 1. The number of nitrogens with one attached hydrogen (secondary N) is 1. The van der Waals surface area contributed by atoms with Gasteiger partial charge in [-0.2, -0.15) is 0 Å². The van der Waals surface area contributed by atoms with Gasteiger partial charge in [0.15, 0.2) is 11.5 Å². The van der Waals surface area contributed by atoms with Crippen LogP contribution in [0.4, 0.5) is 11.6 Å². The largest absolute Gasteiger partial charge is 0.396 e. The van der Waals surface area contributed by atoms with E-state index < -0.39 is 0 Å². The van der Waals surface area contributed by atoms with E-state index in [2.05, 4.69) is 22.1 Å². The van der Waals surface area contributed by atoms with Crippen LogP contribution in [0.15, 0.2) is 18.6 Å². The summed E-state index contributed by atoms with van der Waals surface area (Å²) < 4.78 is 2.02. The maximum absolute atomic E-state index is 9.17. The minimum atomic E-state index is 0.209. The lowest BCUT2D eigenvalue weighted by molar-refractivity contribution is 0.282. The van der Waals surface area contributed by atoms with Crippen molar-refractivity contribution in [1.29, 1.82) is 0 Å². The van der Waals surface area contributed by atoms with Gasteiger partial charge >= 0.3 is 0 Å². The molecule has 2 aromatic heterocycles. The molecule has 1 aliphatic rings. The Morgan fingerprint density at radius 1 is 1.48 bits per heavy atom. The van der Waals surface area contributed by atoms with Crippen LogP contribution >= 0.6 is 0 Å². The van der Waals surface area contributed by atoms with Crippen LogP contribution in [0, 0.1) is 0 Å². The molecule has 3 rings (SSSR count). The van der Waals surface area contributed by atoms with Gasteiger partial charge in [0.1, 0.15) is 5.82 Å². The van der Waals surface area contributed by atoms with Crippen LogP contribution in [0.25, 0.3) is 5.65 Å². The summed E-state index contributed by atoms with van der Waals surface area (Å²) in [6, 6.07) is 0.529. The van der Waals surface area contributed by atoms with Crippen LogP contribution in [-0.2, 0) is 0 Å². The lowest BCUT2D eigenvalue weighted by atomic mass is 9.91. The van der Waals surface area contributed by atoms with Crippen LogP contribution in [0.5, 0.6) is 0 Å². The Kier molecular flexibility index (Phi) is 4.24. The summed E-state index contributed by atoms with van der Waals surface area (Å²) in [7, 11) is 0. The molecule has 0 spiro atoms. The SMILES string of the molecule is CCNc1cn2ccnc2c(N(CCCO)C2CCC2)n1. The predicted octanol–water partition coefficient (Wildman–Crippen LogP) is 1.90. The first-order valence-electron chi connectivity index (χ1n) is 7.78. The average molecular weight is 289 g/mol. The molecule has 6 heteroatoms. The Balaban J connectivity index is 1.99. The van der Waals surface area contributed by atoms with E-state index in [1.165, 1.54) is 19.3 Å². The molecule has 1 aliphatic carbocycles. The summed E-state index contributed by atoms with van der Waals surface area (Å²) >= 11 is 0. The monoisotopic (exact) mass is 289 g/mol. The van der Waals surface area contributed by atoms with Crippen molar-refractivity contribution in [2.24, 2.45) is 0 Å². The normalized spacial score (nSPS) is 15.1. The van der Waals surface area contributed by atoms with E-state index in [0.717, 1.165) is 36.8 Å². The number of anilines is 2. The maximum atomic E-state index is 9.17. The fourth-order valence-electron chi connectivity index (χ4n) is 2.77. The summed E-state index contributed by atoms with van der Waals surface area (Å²) in [5.74, 6) is 1.79. The molecule has 0 unspecified atom stereocenters. The summed E-state index contributed by atoms with van der Waals surface area (Å²) in [5.41, 5.74) is 0.890. The van der Waals surface area contributed by atoms with E-state index in [9.17, 15) is 0 Å². The Morgan fingerprint density at radius 3 is 3.00 bits per heavy atom. The van der Waals surface area contributed by atoms with E-state index >= 15 is 0 Å². The Labute approximate surface area is 124 Å². The molecule has 114 valence electrons. The highest BCUT2D eigenvalue weighted by Gasteiger charge is 2.27. The molecule has 2 aromatic rings. The van der Waals surface area contributed by atoms with E-state index in [1.807, 2.05) is 16.8 Å². The smallest absolute Gasteiger partial charge is 0.180 e. The number of nitrogens with zero attached hydrogens (tertiary/aromatic N) is 4. The molecular formula is C15H23N5O. The number of hydrogen-bond acceptors (Lipinski definition) is 5. The standard InChI is InChI=1S/C15H23N5O/c1-2-16-13-11-19-9-7-17-14(19)15(18-13)20(8-4-10-21)12-5-3-6-12/h7,9,11-12,16,21H,2-6,8,10H2,1H3. The molecule has 0 aliphatic heterocycles. The number of aromatic nitrogens is 3. The quantitative estimate of drug-likeness (QED) is 0.815. The zero-order valence-electron chi connectivity index (χ0n) is 12.5. The molecule has 21 heavy (non-hydrogen) atoms. The second kappa shape index (κ2) is 6.30. The molecule has 0 saturated heterocycles. The van der Waals surface area contributed by atoms with Crippen molar-refractivity contribution >= 4 is 17.3 Å². The molecule has 0 bridgehead atoms. The third-order valence-corrected chi connectivity index (χ3v) is 4.06. The van der Waals surface area contributed by atoms with Gasteiger partial charge in [-0.25, -0.2) is 9.97 Å². The minimum absolute atomic E-state index is 0.209. The van der Waals surface area contributed by atoms with Gasteiger partial charge < -0.3 is 19.7 Å². The van der Waals surface area contributed by atoms with Crippen LogP contribution in [0.2, 0.25) is 0 Å². The number of aliphatic hydroxyl groups is 1. The predicted molar refractivity (Wildman–Crippen MR) is 83.8 cm³/mol. The summed E-state index contributed by atoms with van der Waals surface area (Å²) in [5, 5.41) is 12.4. The lowest BCUT2D eigenvalue weighted by Crippen LogP contribution is -2.42. The fraction of sp³-hybridized carbons (Fsp3) is 0.600. The molecule has 1 saturated carbocycles. The molecule has 2 heterocycles. The maximum Gasteiger partial charge on any atom is 0.180 e. The molecule has 0 atom stereocenters. The molecule has 0 amide bonds. The van der Waals surface area contributed by atoms with Crippen LogP contribution in [0.3, 0.4) is 0 Å².